The van der Waals surface area contributed by atoms with Crippen molar-refractivity contribution in [1.29, 1.82) is 0 Å². The standard InChI is InChI=1S/C6H8BrNO2S/c7-4-1-2-5(11-4)8-3-6(9)10/h1,5,8H,2-3H2,(H,9,10). The first kappa shape index (κ1) is 9.09. The third-order valence-corrected chi connectivity index (χ3v) is 3.15. The van der Waals surface area contributed by atoms with Crippen molar-refractivity contribution in [2.75, 3.05) is 6.54 Å². The molecule has 3 nitrogen and oxygen atoms in total. The molecule has 0 saturated heterocycles. The highest BCUT2D eigenvalue weighted by Gasteiger charge is 2.15. The van der Waals surface area contributed by atoms with E-state index >= 15 is 0 Å². The molecule has 0 radical (unpaired) electrons. The van der Waals surface area contributed by atoms with Crippen molar-refractivity contribution in [3.63, 3.8) is 0 Å². The van der Waals surface area contributed by atoms with Gasteiger partial charge in [0, 0.05) is 3.81 Å². The van der Waals surface area contributed by atoms with Crippen molar-refractivity contribution in [2.24, 2.45) is 0 Å². The smallest absolute Gasteiger partial charge is 0.317 e. The largest absolute Gasteiger partial charge is 0.480 e. The summed E-state index contributed by atoms with van der Waals surface area (Å²) < 4.78 is 1.08. The highest BCUT2D eigenvalue weighted by Crippen LogP contribution is 2.34. The molecule has 0 saturated carbocycles. The molecule has 1 atom stereocenters. The Balaban J connectivity index is 2.16. The van der Waals surface area contributed by atoms with Crippen LogP contribution in [0.5, 0.6) is 0 Å². The van der Waals surface area contributed by atoms with E-state index in [1.54, 1.807) is 11.8 Å². The SMILES string of the molecule is O=C(O)CNC1CC=C(Br)S1. The minimum atomic E-state index is -0.811. The molecule has 0 bridgehead atoms. The first-order valence-corrected chi connectivity index (χ1v) is 4.83. The van der Waals surface area contributed by atoms with E-state index in [0.29, 0.717) is 0 Å². The van der Waals surface area contributed by atoms with E-state index in [2.05, 4.69) is 21.2 Å². The van der Waals surface area contributed by atoms with Crippen LogP contribution >= 0.6 is 27.7 Å². The minimum Gasteiger partial charge on any atom is -0.480 e. The molecule has 0 aromatic carbocycles. The molecular weight excluding hydrogens is 230 g/mol. The number of carboxylic acids is 1. The summed E-state index contributed by atoms with van der Waals surface area (Å²) in [6.07, 6.45) is 2.92. The molecule has 1 aliphatic heterocycles. The van der Waals surface area contributed by atoms with Gasteiger partial charge < -0.3 is 5.11 Å². The number of nitrogens with one attached hydrogen (secondary N) is 1. The zero-order valence-corrected chi connectivity index (χ0v) is 8.11. The normalized spacial score (nSPS) is 23.4. The van der Waals surface area contributed by atoms with Gasteiger partial charge in [0.2, 0.25) is 0 Å². The second kappa shape index (κ2) is 4.13. The van der Waals surface area contributed by atoms with Crippen LogP contribution in [0.1, 0.15) is 6.42 Å². The van der Waals surface area contributed by atoms with Crippen molar-refractivity contribution in [1.82, 2.24) is 5.32 Å². The predicted octanol–water partition coefficient (Wildman–Crippen LogP) is 1.36. The number of hydrogen-bond donors (Lipinski definition) is 2. The van der Waals surface area contributed by atoms with Crippen LogP contribution in [-0.2, 0) is 4.79 Å². The lowest BCUT2D eigenvalue weighted by atomic mass is 10.4. The molecule has 11 heavy (non-hydrogen) atoms. The fraction of sp³-hybridized carbons (Fsp3) is 0.500. The Kier molecular flexibility index (Phi) is 3.42. The fourth-order valence-corrected chi connectivity index (χ4v) is 2.45. The fourth-order valence-electron chi connectivity index (χ4n) is 0.758. The monoisotopic (exact) mass is 237 g/mol. The maximum absolute atomic E-state index is 10.1. The van der Waals surface area contributed by atoms with Crippen molar-refractivity contribution >= 4 is 33.7 Å². The van der Waals surface area contributed by atoms with Gasteiger partial charge in [-0.15, -0.1) is 0 Å². The number of carbonyl (C=O) groups is 1. The van der Waals surface area contributed by atoms with Crippen LogP contribution in [0.4, 0.5) is 0 Å². The predicted molar refractivity (Wildman–Crippen MR) is 48.6 cm³/mol. The van der Waals surface area contributed by atoms with Crippen molar-refractivity contribution in [3.05, 3.63) is 9.89 Å². The van der Waals surface area contributed by atoms with Crippen LogP contribution in [0.25, 0.3) is 0 Å². The molecule has 0 amide bonds. The van der Waals surface area contributed by atoms with Crippen molar-refractivity contribution < 1.29 is 9.90 Å². The van der Waals surface area contributed by atoms with E-state index in [9.17, 15) is 4.79 Å². The van der Waals surface area contributed by atoms with Crippen LogP contribution < -0.4 is 5.32 Å². The Hall–Kier alpha value is -0.000000000000000111. The van der Waals surface area contributed by atoms with Gasteiger partial charge >= 0.3 is 5.97 Å². The van der Waals surface area contributed by atoms with Crippen LogP contribution in [0, 0.1) is 0 Å². The third kappa shape index (κ3) is 3.27. The highest BCUT2D eigenvalue weighted by atomic mass is 79.9. The van der Waals surface area contributed by atoms with E-state index in [4.69, 9.17) is 5.11 Å². The van der Waals surface area contributed by atoms with E-state index in [1.165, 1.54) is 0 Å². The first-order chi connectivity index (χ1) is 5.18. The summed E-state index contributed by atoms with van der Waals surface area (Å²) in [6, 6.07) is 0. The molecule has 0 aromatic heterocycles. The summed E-state index contributed by atoms with van der Waals surface area (Å²) in [6.45, 7) is 0.0335. The second-order valence-electron chi connectivity index (χ2n) is 2.13. The third-order valence-electron chi connectivity index (χ3n) is 1.23. The van der Waals surface area contributed by atoms with E-state index in [1.807, 2.05) is 6.08 Å². The van der Waals surface area contributed by atoms with Gasteiger partial charge in [-0.05, 0) is 22.4 Å². The second-order valence-corrected chi connectivity index (χ2v) is 4.75. The number of aliphatic carboxylic acids is 1. The zero-order chi connectivity index (χ0) is 8.27. The summed E-state index contributed by atoms with van der Waals surface area (Å²) in [5.74, 6) is -0.811. The van der Waals surface area contributed by atoms with Gasteiger partial charge in [0.15, 0.2) is 0 Å². The van der Waals surface area contributed by atoms with Gasteiger partial charge in [0.05, 0.1) is 11.9 Å². The van der Waals surface area contributed by atoms with Crippen LogP contribution in [-0.4, -0.2) is 23.0 Å². The van der Waals surface area contributed by atoms with Gasteiger partial charge in [-0.2, -0.15) is 0 Å². The summed E-state index contributed by atoms with van der Waals surface area (Å²) in [7, 11) is 0. The molecular formula is C6H8BrNO2S. The van der Waals surface area contributed by atoms with Crippen LogP contribution in [0.2, 0.25) is 0 Å². The van der Waals surface area contributed by atoms with Crippen LogP contribution in [0.3, 0.4) is 0 Å². The lowest BCUT2D eigenvalue weighted by Crippen LogP contribution is -2.29. The Morgan fingerprint density at radius 2 is 2.73 bits per heavy atom. The number of halogens is 1. The Bertz CT molecular complexity index is 195. The summed E-state index contributed by atoms with van der Waals surface area (Å²) >= 11 is 4.93. The van der Waals surface area contributed by atoms with E-state index in [-0.39, 0.29) is 11.9 Å². The minimum absolute atomic E-state index is 0.0335. The van der Waals surface area contributed by atoms with Crippen LogP contribution in [0.15, 0.2) is 9.89 Å². The Labute approximate surface area is 77.4 Å². The molecule has 1 rings (SSSR count). The van der Waals surface area contributed by atoms with Crippen molar-refractivity contribution in [3.8, 4) is 0 Å². The molecule has 0 aromatic rings. The molecule has 1 unspecified atom stereocenters. The number of rotatable bonds is 3. The Morgan fingerprint density at radius 1 is 2.00 bits per heavy atom. The van der Waals surface area contributed by atoms with Gasteiger partial charge in [-0.25, -0.2) is 0 Å². The lowest BCUT2D eigenvalue weighted by molar-refractivity contribution is -0.136. The summed E-state index contributed by atoms with van der Waals surface area (Å²) in [5, 5.41) is 11.5. The number of thioether (sulfide) groups is 1. The quantitative estimate of drug-likeness (QED) is 0.779. The Morgan fingerprint density at radius 3 is 3.18 bits per heavy atom. The molecule has 1 heterocycles. The van der Waals surface area contributed by atoms with Gasteiger partial charge in [-0.3, -0.25) is 10.1 Å². The highest BCUT2D eigenvalue weighted by molar-refractivity contribution is 9.14. The molecule has 0 aliphatic carbocycles. The maximum Gasteiger partial charge on any atom is 0.317 e. The number of carboxylic acid groups (broad SMARTS) is 1. The maximum atomic E-state index is 10.1. The topological polar surface area (TPSA) is 49.3 Å². The summed E-state index contributed by atoms with van der Waals surface area (Å²) in [4.78, 5) is 10.1. The van der Waals surface area contributed by atoms with E-state index < -0.39 is 5.97 Å². The number of hydrogen-bond acceptors (Lipinski definition) is 3. The molecule has 1 aliphatic rings. The molecule has 62 valence electrons. The average molecular weight is 238 g/mol. The summed E-state index contributed by atoms with van der Waals surface area (Å²) in [5.41, 5.74) is 0. The molecule has 2 N–H and O–H groups in total. The molecule has 0 fully saturated rings. The molecule has 0 spiro atoms. The molecule has 5 heteroatoms. The van der Waals surface area contributed by atoms with Gasteiger partial charge in [-0.1, -0.05) is 17.8 Å². The lowest BCUT2D eigenvalue weighted by Gasteiger charge is -2.08. The average Bonchev–Trinajstić information content (AvgIpc) is 2.31. The van der Waals surface area contributed by atoms with Gasteiger partial charge in [0.25, 0.3) is 0 Å². The van der Waals surface area contributed by atoms with Crippen molar-refractivity contribution in [2.45, 2.75) is 11.8 Å². The van der Waals surface area contributed by atoms with Gasteiger partial charge in [0.1, 0.15) is 0 Å². The first-order valence-electron chi connectivity index (χ1n) is 3.16. The zero-order valence-electron chi connectivity index (χ0n) is 5.71. The van der Waals surface area contributed by atoms with E-state index in [0.717, 1.165) is 10.2 Å².